The van der Waals surface area contributed by atoms with Gasteiger partial charge >= 0.3 is 5.97 Å². The number of aliphatic carboxylic acids is 1. The number of carbonyl (C=O) groups is 1. The predicted molar refractivity (Wildman–Crippen MR) is 65.5 cm³/mol. The molecule has 1 saturated heterocycles. The summed E-state index contributed by atoms with van der Waals surface area (Å²) < 4.78 is 5.39. The average Bonchev–Trinajstić information content (AvgIpc) is 2.73. The van der Waals surface area contributed by atoms with Crippen LogP contribution in [0.4, 0.5) is 5.95 Å². The number of rotatable bonds is 4. The first-order valence-corrected chi connectivity index (χ1v) is 5.99. The number of carboxylic acid groups (broad SMARTS) is 1. The quantitative estimate of drug-likeness (QED) is 0.834. The van der Waals surface area contributed by atoms with Crippen LogP contribution in [0.15, 0.2) is 6.07 Å². The number of aryl methyl sites for hydroxylation is 2. The number of carboxylic acids is 1. The Labute approximate surface area is 105 Å². The molecule has 18 heavy (non-hydrogen) atoms. The van der Waals surface area contributed by atoms with E-state index in [1.807, 2.05) is 19.9 Å². The fourth-order valence-corrected chi connectivity index (χ4v) is 2.05. The molecule has 0 amide bonds. The van der Waals surface area contributed by atoms with Crippen molar-refractivity contribution in [3.05, 3.63) is 17.5 Å². The van der Waals surface area contributed by atoms with E-state index >= 15 is 0 Å². The van der Waals surface area contributed by atoms with Crippen molar-refractivity contribution in [1.82, 2.24) is 9.97 Å². The molecule has 6 heteroatoms. The molecule has 2 atom stereocenters. The van der Waals surface area contributed by atoms with Crippen molar-refractivity contribution in [3.8, 4) is 0 Å². The molecule has 0 aliphatic carbocycles. The van der Waals surface area contributed by atoms with Crippen LogP contribution >= 0.6 is 0 Å². The topological polar surface area (TPSA) is 84.3 Å². The number of nitrogens with one attached hydrogen (secondary N) is 1. The van der Waals surface area contributed by atoms with Crippen LogP contribution in [0.5, 0.6) is 0 Å². The Morgan fingerprint density at radius 2 is 2.11 bits per heavy atom. The molecular formula is C12H17N3O3. The molecule has 1 aromatic heterocycles. The van der Waals surface area contributed by atoms with Crippen molar-refractivity contribution in [2.75, 3.05) is 11.9 Å². The van der Waals surface area contributed by atoms with Gasteiger partial charge in [0.15, 0.2) is 6.10 Å². The second-order valence-corrected chi connectivity index (χ2v) is 4.52. The minimum absolute atomic E-state index is 0.0875. The molecule has 2 rings (SSSR count). The van der Waals surface area contributed by atoms with Crippen molar-refractivity contribution in [1.29, 1.82) is 0 Å². The number of hydrogen-bond acceptors (Lipinski definition) is 5. The molecule has 98 valence electrons. The van der Waals surface area contributed by atoms with Gasteiger partial charge in [-0.05, 0) is 32.8 Å². The average molecular weight is 251 g/mol. The summed E-state index contributed by atoms with van der Waals surface area (Å²) >= 11 is 0. The molecule has 0 bridgehead atoms. The molecule has 6 nitrogen and oxygen atoms in total. The molecule has 1 aromatic rings. The summed E-state index contributed by atoms with van der Waals surface area (Å²) in [6.07, 6.45) is 0.553. The third kappa shape index (κ3) is 3.16. The maximum atomic E-state index is 10.7. The lowest BCUT2D eigenvalue weighted by Crippen LogP contribution is -2.25. The van der Waals surface area contributed by atoms with Crippen molar-refractivity contribution in [2.24, 2.45) is 0 Å². The number of hydrogen-bond donors (Lipinski definition) is 2. The van der Waals surface area contributed by atoms with Crippen LogP contribution in [-0.2, 0) is 9.53 Å². The number of ether oxygens (including phenoxy) is 1. The summed E-state index contributed by atoms with van der Waals surface area (Å²) in [6, 6.07) is 1.90. The first-order chi connectivity index (χ1) is 8.54. The van der Waals surface area contributed by atoms with Crippen LogP contribution in [0, 0.1) is 13.8 Å². The molecule has 1 aliphatic heterocycles. The van der Waals surface area contributed by atoms with E-state index in [2.05, 4.69) is 15.3 Å². The zero-order chi connectivity index (χ0) is 13.1. The van der Waals surface area contributed by atoms with Crippen molar-refractivity contribution < 1.29 is 14.6 Å². The highest BCUT2D eigenvalue weighted by molar-refractivity contribution is 5.72. The van der Waals surface area contributed by atoms with Crippen LogP contribution in [0.1, 0.15) is 24.2 Å². The summed E-state index contributed by atoms with van der Waals surface area (Å²) in [4.78, 5) is 19.3. The molecule has 0 spiro atoms. The monoisotopic (exact) mass is 251 g/mol. The standard InChI is InChI=1S/C12H17N3O3/c1-7-5-8(2)15-12(14-7)13-6-9-3-4-10(18-9)11(16)17/h5,9-10H,3-4,6H2,1-2H3,(H,16,17)(H,13,14,15). The molecule has 2 unspecified atom stereocenters. The van der Waals surface area contributed by atoms with E-state index in [4.69, 9.17) is 9.84 Å². The van der Waals surface area contributed by atoms with Gasteiger partial charge in [0.1, 0.15) is 0 Å². The highest BCUT2D eigenvalue weighted by Gasteiger charge is 2.30. The first kappa shape index (κ1) is 12.8. The summed E-state index contributed by atoms with van der Waals surface area (Å²) in [5.74, 6) is -0.324. The summed E-state index contributed by atoms with van der Waals surface area (Å²) in [7, 11) is 0. The number of nitrogens with zero attached hydrogens (tertiary/aromatic N) is 2. The van der Waals surface area contributed by atoms with E-state index in [-0.39, 0.29) is 6.10 Å². The lowest BCUT2D eigenvalue weighted by molar-refractivity contribution is -0.149. The van der Waals surface area contributed by atoms with Gasteiger partial charge in [-0.3, -0.25) is 0 Å². The fraction of sp³-hybridized carbons (Fsp3) is 0.583. The molecule has 1 aliphatic rings. The third-order valence-electron chi connectivity index (χ3n) is 2.85. The van der Waals surface area contributed by atoms with Crippen molar-refractivity contribution >= 4 is 11.9 Å². The van der Waals surface area contributed by atoms with Gasteiger partial charge in [-0.15, -0.1) is 0 Å². The zero-order valence-electron chi connectivity index (χ0n) is 10.5. The fourth-order valence-electron chi connectivity index (χ4n) is 2.05. The molecule has 0 saturated carbocycles. The Balaban J connectivity index is 1.87. The van der Waals surface area contributed by atoms with E-state index in [0.717, 1.165) is 17.8 Å². The summed E-state index contributed by atoms with van der Waals surface area (Å²) in [5.41, 5.74) is 1.81. The van der Waals surface area contributed by atoms with Crippen molar-refractivity contribution in [2.45, 2.75) is 38.9 Å². The highest BCUT2D eigenvalue weighted by Crippen LogP contribution is 2.20. The highest BCUT2D eigenvalue weighted by atomic mass is 16.5. The number of anilines is 1. The third-order valence-corrected chi connectivity index (χ3v) is 2.85. The largest absolute Gasteiger partial charge is 0.479 e. The molecule has 0 radical (unpaired) electrons. The summed E-state index contributed by atoms with van der Waals surface area (Å²) in [6.45, 7) is 4.35. The van der Waals surface area contributed by atoms with E-state index in [1.165, 1.54) is 0 Å². The maximum absolute atomic E-state index is 10.7. The molecule has 2 heterocycles. The van der Waals surface area contributed by atoms with Crippen LogP contribution in [0.25, 0.3) is 0 Å². The van der Waals surface area contributed by atoms with Crippen molar-refractivity contribution in [3.63, 3.8) is 0 Å². The number of aromatic nitrogens is 2. The Kier molecular flexibility index (Phi) is 3.76. The minimum atomic E-state index is -0.889. The van der Waals surface area contributed by atoms with E-state index in [9.17, 15) is 4.79 Å². The van der Waals surface area contributed by atoms with Crippen LogP contribution < -0.4 is 5.32 Å². The Morgan fingerprint density at radius 1 is 1.44 bits per heavy atom. The van der Waals surface area contributed by atoms with Crippen LogP contribution in [0.2, 0.25) is 0 Å². The Hall–Kier alpha value is -1.69. The molecular weight excluding hydrogens is 234 g/mol. The lowest BCUT2D eigenvalue weighted by Gasteiger charge is -2.12. The second-order valence-electron chi connectivity index (χ2n) is 4.52. The second kappa shape index (κ2) is 5.30. The van der Waals surface area contributed by atoms with Gasteiger partial charge in [-0.2, -0.15) is 0 Å². The van der Waals surface area contributed by atoms with Crippen LogP contribution in [-0.4, -0.2) is 39.8 Å². The first-order valence-electron chi connectivity index (χ1n) is 5.99. The van der Waals surface area contributed by atoms with Gasteiger partial charge in [-0.25, -0.2) is 14.8 Å². The zero-order valence-corrected chi connectivity index (χ0v) is 10.5. The lowest BCUT2D eigenvalue weighted by atomic mass is 10.2. The Morgan fingerprint density at radius 3 is 2.67 bits per heavy atom. The van der Waals surface area contributed by atoms with E-state index in [1.54, 1.807) is 0 Å². The van der Waals surface area contributed by atoms with Gasteiger partial charge in [-0.1, -0.05) is 0 Å². The van der Waals surface area contributed by atoms with Gasteiger partial charge < -0.3 is 15.2 Å². The molecule has 2 N–H and O–H groups in total. The van der Waals surface area contributed by atoms with Gasteiger partial charge in [0, 0.05) is 17.9 Å². The Bertz CT molecular complexity index is 430. The van der Waals surface area contributed by atoms with Crippen LogP contribution in [0.3, 0.4) is 0 Å². The molecule has 1 fully saturated rings. The summed E-state index contributed by atoms with van der Waals surface area (Å²) in [5, 5.41) is 11.9. The molecule has 0 aromatic carbocycles. The van der Waals surface area contributed by atoms with Gasteiger partial charge in [0.05, 0.1) is 6.10 Å². The normalized spacial score (nSPS) is 23.0. The van der Waals surface area contributed by atoms with E-state index < -0.39 is 12.1 Å². The smallest absolute Gasteiger partial charge is 0.332 e. The predicted octanol–water partition coefficient (Wildman–Crippen LogP) is 1.14. The van der Waals surface area contributed by atoms with Gasteiger partial charge in [0.25, 0.3) is 0 Å². The minimum Gasteiger partial charge on any atom is -0.479 e. The SMILES string of the molecule is Cc1cc(C)nc(NCC2CCC(C(=O)O)O2)n1. The van der Waals surface area contributed by atoms with E-state index in [0.29, 0.717) is 18.9 Å². The maximum Gasteiger partial charge on any atom is 0.332 e. The van der Waals surface area contributed by atoms with Gasteiger partial charge in [0.2, 0.25) is 5.95 Å².